The van der Waals surface area contributed by atoms with Crippen LogP contribution in [0.4, 0.5) is 37.7 Å². The highest BCUT2D eigenvalue weighted by atomic mass is 19.4. The van der Waals surface area contributed by atoms with Crippen molar-refractivity contribution in [1.29, 1.82) is 0 Å². The van der Waals surface area contributed by atoms with E-state index in [0.717, 1.165) is 17.0 Å². The molecule has 1 aliphatic rings. The molecule has 35 heavy (non-hydrogen) atoms. The molecule has 0 spiro atoms. The minimum atomic E-state index is -5.01. The summed E-state index contributed by atoms with van der Waals surface area (Å²) in [5.74, 6) is -3.48. The van der Waals surface area contributed by atoms with E-state index in [-0.39, 0.29) is 25.4 Å². The molecular weight excluding hydrogens is 486 g/mol. The Morgan fingerprint density at radius 2 is 1.77 bits per heavy atom. The molecule has 1 aromatic carbocycles. The van der Waals surface area contributed by atoms with Gasteiger partial charge in [0, 0.05) is 18.8 Å². The first-order chi connectivity index (χ1) is 15.9. The van der Waals surface area contributed by atoms with E-state index >= 15 is 0 Å². The third kappa shape index (κ3) is 8.09. The molecule has 196 valence electrons. The molecule has 0 aliphatic carbocycles. The van der Waals surface area contributed by atoms with E-state index in [1.807, 2.05) is 5.32 Å². The van der Waals surface area contributed by atoms with Crippen molar-refractivity contribution in [3.63, 3.8) is 0 Å². The molecular formula is C21H26F6N4O4. The minimum absolute atomic E-state index is 0.00475. The van der Waals surface area contributed by atoms with Crippen molar-refractivity contribution in [1.82, 2.24) is 4.90 Å². The summed E-state index contributed by atoms with van der Waals surface area (Å²) < 4.78 is 85.7. The van der Waals surface area contributed by atoms with Crippen LogP contribution in [0.15, 0.2) is 18.2 Å². The molecule has 1 atom stereocenters. The summed E-state index contributed by atoms with van der Waals surface area (Å²) in [6.07, 6.45) is -9.82. The fourth-order valence-electron chi connectivity index (χ4n) is 3.59. The van der Waals surface area contributed by atoms with Crippen LogP contribution in [-0.2, 0) is 25.3 Å². The van der Waals surface area contributed by atoms with Crippen LogP contribution in [0.2, 0.25) is 0 Å². The summed E-state index contributed by atoms with van der Waals surface area (Å²) in [4.78, 5) is 38.4. The number of nitrogens with one attached hydrogen (secondary N) is 1. The molecule has 14 heteroatoms. The molecule has 3 N–H and O–H groups in total. The lowest BCUT2D eigenvalue weighted by Crippen LogP contribution is -2.56. The molecule has 0 bridgehead atoms. The summed E-state index contributed by atoms with van der Waals surface area (Å²) in [6, 6.07) is 0.420. The van der Waals surface area contributed by atoms with E-state index < -0.39 is 65.9 Å². The molecule has 1 fully saturated rings. The maximum absolute atomic E-state index is 13.8. The average molecular weight is 512 g/mol. The van der Waals surface area contributed by atoms with Crippen LogP contribution in [0.5, 0.6) is 0 Å². The summed E-state index contributed by atoms with van der Waals surface area (Å²) in [5.41, 5.74) is 2.12. The van der Waals surface area contributed by atoms with Gasteiger partial charge in [0.1, 0.15) is 6.61 Å². The number of hydrogen-bond acceptors (Lipinski definition) is 5. The van der Waals surface area contributed by atoms with Crippen molar-refractivity contribution in [3.05, 3.63) is 23.8 Å². The Bertz CT molecular complexity index is 943. The molecule has 2 rings (SSSR count). The van der Waals surface area contributed by atoms with Crippen LogP contribution in [0.1, 0.15) is 26.3 Å². The number of hydrogen-bond donors (Lipinski definition) is 2. The first-order valence-corrected chi connectivity index (χ1v) is 10.4. The van der Waals surface area contributed by atoms with Crippen LogP contribution in [0.25, 0.3) is 0 Å². The number of benzene rings is 1. The molecule has 1 aliphatic heterocycles. The van der Waals surface area contributed by atoms with E-state index in [4.69, 9.17) is 10.5 Å². The lowest BCUT2D eigenvalue weighted by atomic mass is 9.95. The quantitative estimate of drug-likeness (QED) is 0.432. The number of ether oxygens (including phenoxy) is 1. The second-order valence-corrected chi connectivity index (χ2v) is 9.20. The van der Waals surface area contributed by atoms with Crippen LogP contribution in [-0.4, -0.2) is 67.7 Å². The van der Waals surface area contributed by atoms with E-state index in [1.165, 1.54) is 0 Å². The van der Waals surface area contributed by atoms with Crippen molar-refractivity contribution in [2.75, 3.05) is 43.1 Å². The lowest BCUT2D eigenvalue weighted by molar-refractivity contribution is -0.159. The molecule has 0 radical (unpaired) electrons. The maximum Gasteiger partial charge on any atom is 0.418 e. The first kappa shape index (κ1) is 28.4. The maximum atomic E-state index is 13.8. The summed E-state index contributed by atoms with van der Waals surface area (Å²) in [5, 5.41) is 1.89. The topological polar surface area (TPSA) is 105 Å². The van der Waals surface area contributed by atoms with Crippen molar-refractivity contribution < 1.29 is 45.5 Å². The lowest BCUT2D eigenvalue weighted by Gasteiger charge is -2.34. The summed E-state index contributed by atoms with van der Waals surface area (Å²) in [7, 11) is 0. The number of anilines is 2. The number of morpholine rings is 1. The molecule has 1 heterocycles. The van der Waals surface area contributed by atoms with Crippen LogP contribution >= 0.6 is 0 Å². The zero-order valence-electron chi connectivity index (χ0n) is 19.2. The van der Waals surface area contributed by atoms with Gasteiger partial charge in [0.05, 0.1) is 24.4 Å². The zero-order valence-corrected chi connectivity index (χ0v) is 19.2. The third-order valence-corrected chi connectivity index (χ3v) is 4.81. The Kier molecular flexibility index (Phi) is 8.43. The Labute approximate surface area is 197 Å². The van der Waals surface area contributed by atoms with Gasteiger partial charge in [-0.15, -0.1) is 0 Å². The van der Waals surface area contributed by atoms with Crippen molar-refractivity contribution in [2.24, 2.45) is 11.1 Å². The Morgan fingerprint density at radius 1 is 1.14 bits per heavy atom. The molecule has 1 aromatic rings. The summed E-state index contributed by atoms with van der Waals surface area (Å²) in [6.45, 7) is 2.37. The number of nitrogens with zero attached hydrogens (tertiary/aromatic N) is 2. The third-order valence-electron chi connectivity index (χ3n) is 4.81. The standard InChI is InChI=1S/C21H26F6N4O4/c1-19(2,3)10-30(11-20(22,23)24)16(17(28)33)18(34)29-14-5-4-12(8-13(14)21(25,26)27)31-6-7-35-9-15(31)32/h4-5,8,16H,6-7,9-11H2,1-3H3,(H2,28,33)(H,29,34)/t16-/m0/s1. The predicted molar refractivity (Wildman–Crippen MR) is 113 cm³/mol. The Morgan fingerprint density at radius 3 is 2.26 bits per heavy atom. The SMILES string of the molecule is CC(C)(C)CN(CC(F)(F)F)[C@@H](C(N)=O)C(=O)Nc1ccc(N2CCOCC2=O)cc1C(F)(F)F. The smallest absolute Gasteiger partial charge is 0.370 e. The van der Waals surface area contributed by atoms with Gasteiger partial charge in [-0.2, -0.15) is 26.3 Å². The molecule has 3 amide bonds. The number of carbonyl (C=O) groups excluding carboxylic acids is 3. The normalized spacial score (nSPS) is 16.4. The van der Waals surface area contributed by atoms with E-state index in [9.17, 15) is 40.7 Å². The van der Waals surface area contributed by atoms with Gasteiger partial charge in [-0.05, 0) is 23.6 Å². The van der Waals surface area contributed by atoms with Crippen LogP contribution < -0.4 is 16.0 Å². The molecule has 8 nitrogen and oxygen atoms in total. The molecule has 1 saturated heterocycles. The second kappa shape index (κ2) is 10.4. The highest BCUT2D eigenvalue weighted by molar-refractivity contribution is 6.10. The Hall–Kier alpha value is -2.87. The van der Waals surface area contributed by atoms with Crippen molar-refractivity contribution in [2.45, 2.75) is 39.2 Å². The fraction of sp³-hybridized carbons (Fsp3) is 0.571. The highest BCUT2D eigenvalue weighted by Gasteiger charge is 2.42. The van der Waals surface area contributed by atoms with Crippen LogP contribution in [0.3, 0.4) is 0 Å². The zero-order chi connectivity index (χ0) is 26.8. The molecule has 0 saturated carbocycles. The number of alkyl halides is 6. The number of amides is 3. The van der Waals surface area contributed by atoms with E-state index in [1.54, 1.807) is 20.8 Å². The van der Waals surface area contributed by atoms with Gasteiger partial charge < -0.3 is 20.7 Å². The number of nitrogens with two attached hydrogens (primary N) is 1. The fourth-order valence-corrected chi connectivity index (χ4v) is 3.59. The second-order valence-electron chi connectivity index (χ2n) is 9.20. The monoisotopic (exact) mass is 512 g/mol. The van der Waals surface area contributed by atoms with Gasteiger partial charge in [0.2, 0.25) is 5.91 Å². The number of carbonyl (C=O) groups is 3. The number of rotatable bonds is 7. The summed E-state index contributed by atoms with van der Waals surface area (Å²) >= 11 is 0. The largest absolute Gasteiger partial charge is 0.418 e. The number of halogens is 6. The van der Waals surface area contributed by atoms with E-state index in [0.29, 0.717) is 11.0 Å². The predicted octanol–water partition coefficient (Wildman–Crippen LogP) is 2.77. The van der Waals surface area contributed by atoms with Gasteiger partial charge in [-0.25, -0.2) is 0 Å². The first-order valence-electron chi connectivity index (χ1n) is 10.4. The van der Waals surface area contributed by atoms with Crippen molar-refractivity contribution in [3.8, 4) is 0 Å². The van der Waals surface area contributed by atoms with Gasteiger partial charge in [0.25, 0.3) is 11.8 Å². The van der Waals surface area contributed by atoms with Gasteiger partial charge in [0.15, 0.2) is 6.04 Å². The van der Waals surface area contributed by atoms with Crippen LogP contribution in [0, 0.1) is 5.41 Å². The van der Waals surface area contributed by atoms with Gasteiger partial charge >= 0.3 is 12.4 Å². The highest BCUT2D eigenvalue weighted by Crippen LogP contribution is 2.38. The molecule has 0 aromatic heterocycles. The van der Waals surface area contributed by atoms with Crippen molar-refractivity contribution >= 4 is 29.1 Å². The van der Waals surface area contributed by atoms with Gasteiger partial charge in [-0.3, -0.25) is 19.3 Å². The molecule has 0 unspecified atom stereocenters. The average Bonchev–Trinajstić information content (AvgIpc) is 2.65. The van der Waals surface area contributed by atoms with Gasteiger partial charge in [-0.1, -0.05) is 20.8 Å². The Balaban J connectivity index is 2.43. The van der Waals surface area contributed by atoms with E-state index in [2.05, 4.69) is 0 Å². The minimum Gasteiger partial charge on any atom is -0.370 e. The number of primary amides is 1.